The highest BCUT2D eigenvalue weighted by molar-refractivity contribution is 5.94. The van der Waals surface area contributed by atoms with Crippen LogP contribution in [0.25, 0.3) is 0 Å². The van der Waals surface area contributed by atoms with Crippen LogP contribution >= 0.6 is 0 Å². The van der Waals surface area contributed by atoms with Gasteiger partial charge in [-0.25, -0.2) is 9.37 Å². The van der Waals surface area contributed by atoms with Gasteiger partial charge in [0.15, 0.2) is 5.69 Å². The Balaban J connectivity index is 1.64. The molecule has 0 radical (unpaired) electrons. The summed E-state index contributed by atoms with van der Waals surface area (Å²) in [6.07, 6.45) is 3.08. The van der Waals surface area contributed by atoms with E-state index in [2.05, 4.69) is 10.3 Å². The van der Waals surface area contributed by atoms with Gasteiger partial charge in [0.2, 0.25) is 5.75 Å². The van der Waals surface area contributed by atoms with E-state index < -0.39 is 22.8 Å². The number of rotatable bonds is 3. The van der Waals surface area contributed by atoms with E-state index in [1.807, 2.05) is 0 Å². The minimum atomic E-state index is -0.660. The SMILES string of the molecule is O=C(NCc1ccc(F)cc1)c1nc2n(c(=O)c1O)CCCOC21CCC1. The van der Waals surface area contributed by atoms with Gasteiger partial charge in [-0.3, -0.25) is 14.2 Å². The summed E-state index contributed by atoms with van der Waals surface area (Å²) in [6.45, 7) is 1.03. The number of fused-ring (bicyclic) bond motifs is 2. The molecule has 0 saturated heterocycles. The van der Waals surface area contributed by atoms with E-state index in [1.54, 1.807) is 12.1 Å². The highest BCUT2D eigenvalue weighted by Gasteiger charge is 2.45. The maximum absolute atomic E-state index is 13.0. The molecule has 2 aromatic rings. The Morgan fingerprint density at radius 1 is 1.30 bits per heavy atom. The Bertz CT molecular complexity index is 935. The van der Waals surface area contributed by atoms with Crippen LogP contribution in [0.3, 0.4) is 0 Å². The van der Waals surface area contributed by atoms with Gasteiger partial charge >= 0.3 is 0 Å². The molecule has 27 heavy (non-hydrogen) atoms. The van der Waals surface area contributed by atoms with Crippen LogP contribution in [0.5, 0.6) is 5.75 Å². The monoisotopic (exact) mass is 373 g/mol. The Kier molecular flexibility index (Phi) is 4.43. The lowest BCUT2D eigenvalue weighted by atomic mass is 9.79. The van der Waals surface area contributed by atoms with E-state index in [1.165, 1.54) is 16.7 Å². The molecule has 1 fully saturated rings. The highest BCUT2D eigenvalue weighted by atomic mass is 19.1. The standard InChI is InChI=1S/C19H20FN3O4/c20-13-5-3-12(4-6-13)11-21-16(25)14-15(24)17(26)23-9-2-10-27-19(7-1-8-19)18(23)22-14/h3-6,24H,1-2,7-11H2,(H,21,25). The van der Waals surface area contributed by atoms with Crippen LogP contribution in [-0.4, -0.2) is 27.2 Å². The molecule has 0 atom stereocenters. The molecule has 1 aliphatic carbocycles. The minimum absolute atomic E-state index is 0.125. The number of nitrogens with zero attached hydrogens (tertiary/aromatic N) is 2. The van der Waals surface area contributed by atoms with Crippen molar-refractivity contribution in [3.63, 3.8) is 0 Å². The average Bonchev–Trinajstić information content (AvgIpc) is 2.83. The van der Waals surface area contributed by atoms with E-state index in [4.69, 9.17) is 4.74 Å². The second kappa shape index (κ2) is 6.77. The van der Waals surface area contributed by atoms with Crippen molar-refractivity contribution in [1.29, 1.82) is 0 Å². The molecule has 8 heteroatoms. The zero-order valence-corrected chi connectivity index (χ0v) is 14.7. The molecule has 4 rings (SSSR count). The fraction of sp³-hybridized carbons (Fsp3) is 0.421. The first-order valence-electron chi connectivity index (χ1n) is 9.01. The number of aromatic nitrogens is 2. The molecule has 1 amide bonds. The van der Waals surface area contributed by atoms with Gasteiger partial charge in [0.05, 0.1) is 0 Å². The molecule has 1 aromatic heterocycles. The van der Waals surface area contributed by atoms with Crippen LogP contribution in [0.2, 0.25) is 0 Å². The number of benzene rings is 1. The number of hydrogen-bond donors (Lipinski definition) is 2. The normalized spacial score (nSPS) is 17.7. The van der Waals surface area contributed by atoms with Crippen LogP contribution in [0.4, 0.5) is 4.39 Å². The van der Waals surface area contributed by atoms with E-state index in [9.17, 15) is 19.1 Å². The Labute approximate surface area is 154 Å². The Morgan fingerprint density at radius 3 is 2.70 bits per heavy atom. The number of amides is 1. The topological polar surface area (TPSA) is 93.5 Å². The zero-order valence-electron chi connectivity index (χ0n) is 14.7. The van der Waals surface area contributed by atoms with Gasteiger partial charge in [-0.2, -0.15) is 0 Å². The number of aromatic hydroxyl groups is 1. The summed E-state index contributed by atoms with van der Waals surface area (Å²) >= 11 is 0. The quantitative estimate of drug-likeness (QED) is 0.856. The zero-order chi connectivity index (χ0) is 19.0. The van der Waals surface area contributed by atoms with E-state index in [0.717, 1.165) is 19.3 Å². The van der Waals surface area contributed by atoms with E-state index in [-0.39, 0.29) is 18.1 Å². The third kappa shape index (κ3) is 3.10. The first-order chi connectivity index (χ1) is 13.0. The number of hydrogen-bond acceptors (Lipinski definition) is 5. The van der Waals surface area contributed by atoms with Gasteiger partial charge < -0.3 is 15.2 Å². The molecule has 142 valence electrons. The van der Waals surface area contributed by atoms with Gasteiger partial charge in [-0.15, -0.1) is 0 Å². The van der Waals surface area contributed by atoms with Crippen molar-refractivity contribution >= 4 is 5.91 Å². The molecule has 2 heterocycles. The van der Waals surface area contributed by atoms with Crippen molar-refractivity contribution in [3.8, 4) is 5.75 Å². The third-order valence-electron chi connectivity index (χ3n) is 5.20. The van der Waals surface area contributed by atoms with E-state index in [0.29, 0.717) is 31.0 Å². The number of nitrogens with one attached hydrogen (secondary N) is 1. The first kappa shape index (κ1) is 17.7. The lowest BCUT2D eigenvalue weighted by molar-refractivity contribution is -0.108. The molecule has 0 unspecified atom stereocenters. The Morgan fingerprint density at radius 2 is 2.04 bits per heavy atom. The molecule has 0 bridgehead atoms. The van der Waals surface area contributed by atoms with Crippen molar-refractivity contribution < 1.29 is 19.0 Å². The summed E-state index contributed by atoms with van der Waals surface area (Å²) in [7, 11) is 0. The molecular formula is C19H20FN3O4. The summed E-state index contributed by atoms with van der Waals surface area (Å²) in [5.74, 6) is -1.27. The fourth-order valence-corrected chi connectivity index (χ4v) is 3.55. The smallest absolute Gasteiger partial charge is 0.296 e. The van der Waals surface area contributed by atoms with Gasteiger partial charge in [0.25, 0.3) is 11.5 Å². The van der Waals surface area contributed by atoms with Crippen LogP contribution in [-0.2, 0) is 23.4 Å². The molecular weight excluding hydrogens is 353 g/mol. The van der Waals surface area contributed by atoms with Gasteiger partial charge in [0.1, 0.15) is 17.2 Å². The molecule has 1 saturated carbocycles. The van der Waals surface area contributed by atoms with Crippen molar-refractivity contribution in [2.45, 2.75) is 44.4 Å². The van der Waals surface area contributed by atoms with Crippen LogP contribution in [0.1, 0.15) is 47.6 Å². The Hall–Kier alpha value is -2.74. The second-order valence-corrected chi connectivity index (χ2v) is 6.95. The lowest BCUT2D eigenvalue weighted by Crippen LogP contribution is -2.43. The van der Waals surface area contributed by atoms with Crippen molar-refractivity contribution in [2.24, 2.45) is 0 Å². The highest BCUT2D eigenvalue weighted by Crippen LogP contribution is 2.45. The maximum Gasteiger partial charge on any atom is 0.296 e. The molecule has 1 aromatic carbocycles. The van der Waals surface area contributed by atoms with Crippen LogP contribution < -0.4 is 10.9 Å². The summed E-state index contributed by atoms with van der Waals surface area (Å²) < 4.78 is 20.4. The summed E-state index contributed by atoms with van der Waals surface area (Å²) in [6, 6.07) is 5.69. The number of carbonyl (C=O) groups is 1. The van der Waals surface area contributed by atoms with E-state index >= 15 is 0 Å². The predicted molar refractivity (Wildman–Crippen MR) is 93.8 cm³/mol. The molecule has 1 spiro atoms. The maximum atomic E-state index is 13.0. The summed E-state index contributed by atoms with van der Waals surface area (Å²) in [5.41, 5.74) is -0.877. The molecule has 7 nitrogen and oxygen atoms in total. The summed E-state index contributed by atoms with van der Waals surface area (Å²) in [5, 5.41) is 12.9. The molecule has 2 aliphatic rings. The van der Waals surface area contributed by atoms with Crippen LogP contribution in [0.15, 0.2) is 29.1 Å². The minimum Gasteiger partial charge on any atom is -0.501 e. The first-order valence-corrected chi connectivity index (χ1v) is 9.01. The van der Waals surface area contributed by atoms with Gasteiger partial charge in [-0.05, 0) is 43.4 Å². The number of ether oxygens (including phenoxy) is 1. The average molecular weight is 373 g/mol. The molecule has 2 N–H and O–H groups in total. The molecule has 1 aliphatic heterocycles. The predicted octanol–water partition coefficient (Wildman–Crippen LogP) is 1.82. The largest absolute Gasteiger partial charge is 0.501 e. The second-order valence-electron chi connectivity index (χ2n) is 6.95. The van der Waals surface area contributed by atoms with Crippen LogP contribution in [0, 0.1) is 5.82 Å². The summed E-state index contributed by atoms with van der Waals surface area (Å²) in [4.78, 5) is 29.5. The fourth-order valence-electron chi connectivity index (χ4n) is 3.55. The van der Waals surface area contributed by atoms with Crippen molar-refractivity contribution in [1.82, 2.24) is 14.9 Å². The number of halogens is 1. The van der Waals surface area contributed by atoms with Crippen molar-refractivity contribution in [3.05, 3.63) is 57.5 Å². The third-order valence-corrected chi connectivity index (χ3v) is 5.20. The van der Waals surface area contributed by atoms with Gasteiger partial charge in [-0.1, -0.05) is 12.1 Å². The van der Waals surface area contributed by atoms with Crippen molar-refractivity contribution in [2.75, 3.05) is 6.61 Å². The van der Waals surface area contributed by atoms with Gasteiger partial charge in [0, 0.05) is 19.7 Å². The number of carbonyl (C=O) groups excluding carboxylic acids is 1. The lowest BCUT2D eigenvalue weighted by Gasteiger charge is -2.40.